The van der Waals surface area contributed by atoms with E-state index in [4.69, 9.17) is 19.5 Å². The summed E-state index contributed by atoms with van der Waals surface area (Å²) >= 11 is 0. The number of aromatic nitrogens is 1. The zero-order chi connectivity index (χ0) is 18.9. The van der Waals surface area contributed by atoms with E-state index >= 15 is 0 Å². The second-order valence-corrected chi connectivity index (χ2v) is 5.92. The molecule has 0 aliphatic rings. The minimum Gasteiger partial charge on any atom is -0.489 e. The van der Waals surface area contributed by atoms with E-state index in [1.807, 2.05) is 67.6 Å². The summed E-state index contributed by atoms with van der Waals surface area (Å²) in [5.74, 6) is 2.13. The predicted molar refractivity (Wildman–Crippen MR) is 102 cm³/mol. The smallest absolute Gasteiger partial charge is 0.174 e. The number of aryl methyl sites for hydroxylation is 1. The fraction of sp³-hybridized carbons (Fsp3) is 0.182. The monoisotopic (exact) mass is 360 g/mol. The molecule has 0 radical (unpaired) electrons. The molecule has 5 nitrogen and oxygen atoms in total. The Hall–Kier alpha value is -3.52. The molecule has 0 bridgehead atoms. The molecule has 1 heterocycles. The summed E-state index contributed by atoms with van der Waals surface area (Å²) in [5, 5.41) is 8.76. The maximum atomic E-state index is 8.76. The number of ether oxygens (including phenoxy) is 3. The van der Waals surface area contributed by atoms with Gasteiger partial charge in [0.25, 0.3) is 0 Å². The maximum Gasteiger partial charge on any atom is 0.174 e. The topological polar surface area (TPSA) is 64.4 Å². The summed E-state index contributed by atoms with van der Waals surface area (Å²) < 4.78 is 17.3. The second kappa shape index (κ2) is 9.25. The number of hydrogen-bond donors (Lipinski definition) is 0. The van der Waals surface area contributed by atoms with Crippen molar-refractivity contribution in [3.05, 3.63) is 83.7 Å². The van der Waals surface area contributed by atoms with Crippen LogP contribution in [0.15, 0.2) is 67.0 Å². The number of pyridine rings is 1. The van der Waals surface area contributed by atoms with Gasteiger partial charge in [-0.25, -0.2) is 0 Å². The molecule has 0 unspecified atom stereocenters. The molecule has 27 heavy (non-hydrogen) atoms. The highest BCUT2D eigenvalue weighted by Gasteiger charge is 2.08. The average Bonchev–Trinajstić information content (AvgIpc) is 2.71. The molecule has 0 saturated heterocycles. The van der Waals surface area contributed by atoms with E-state index in [0.717, 1.165) is 22.4 Å². The average molecular weight is 360 g/mol. The molecule has 0 atom stereocenters. The summed E-state index contributed by atoms with van der Waals surface area (Å²) in [6.45, 7) is 2.77. The highest BCUT2D eigenvalue weighted by Crippen LogP contribution is 2.26. The number of benzene rings is 2. The standard InChI is InChI=1S/C22H20N2O3/c1-17-4-2-5-19(22(17)25-13-10-23)16-27-21-7-3-6-20(14-21)26-15-18-8-11-24-12-9-18/h2-9,11-12,14H,13,15-16H2,1H3. The molecule has 0 fully saturated rings. The minimum atomic E-state index is 0.0101. The fourth-order valence-corrected chi connectivity index (χ4v) is 2.60. The van der Waals surface area contributed by atoms with Gasteiger partial charge in [-0.3, -0.25) is 4.98 Å². The molecule has 0 spiro atoms. The SMILES string of the molecule is Cc1cccc(COc2cccc(OCc3ccncc3)c2)c1OCC#N. The summed E-state index contributed by atoms with van der Waals surface area (Å²) in [7, 11) is 0. The van der Waals surface area contributed by atoms with E-state index < -0.39 is 0 Å². The van der Waals surface area contributed by atoms with Crippen LogP contribution >= 0.6 is 0 Å². The van der Waals surface area contributed by atoms with Gasteiger partial charge in [-0.15, -0.1) is 0 Å². The van der Waals surface area contributed by atoms with Crippen molar-refractivity contribution in [3.8, 4) is 23.3 Å². The molecule has 5 heteroatoms. The molecule has 1 aromatic heterocycles. The van der Waals surface area contributed by atoms with Crippen molar-refractivity contribution in [1.82, 2.24) is 4.98 Å². The molecule has 0 aliphatic carbocycles. The van der Waals surface area contributed by atoms with Gasteiger partial charge in [-0.2, -0.15) is 5.26 Å². The predicted octanol–water partition coefficient (Wildman–Crippen LogP) is 4.45. The lowest BCUT2D eigenvalue weighted by atomic mass is 10.1. The molecule has 3 rings (SSSR count). The molecule has 0 N–H and O–H groups in total. The quantitative estimate of drug-likeness (QED) is 0.594. The zero-order valence-electron chi connectivity index (χ0n) is 15.1. The van der Waals surface area contributed by atoms with Crippen LogP contribution < -0.4 is 14.2 Å². The highest BCUT2D eigenvalue weighted by molar-refractivity contribution is 5.41. The molecule has 136 valence electrons. The highest BCUT2D eigenvalue weighted by atomic mass is 16.5. The van der Waals surface area contributed by atoms with Crippen molar-refractivity contribution < 1.29 is 14.2 Å². The third-order valence-electron chi connectivity index (χ3n) is 3.93. The third-order valence-corrected chi connectivity index (χ3v) is 3.93. The first-order valence-corrected chi connectivity index (χ1v) is 8.59. The van der Waals surface area contributed by atoms with Gasteiger partial charge in [0, 0.05) is 24.0 Å². The van der Waals surface area contributed by atoms with Crippen LogP contribution in [0.3, 0.4) is 0 Å². The number of nitriles is 1. The fourth-order valence-electron chi connectivity index (χ4n) is 2.60. The Morgan fingerprint density at radius 1 is 0.889 bits per heavy atom. The van der Waals surface area contributed by atoms with Gasteiger partial charge in [0.15, 0.2) is 6.61 Å². The number of rotatable bonds is 8. The summed E-state index contributed by atoms with van der Waals surface area (Å²) in [4.78, 5) is 4.00. The van der Waals surface area contributed by atoms with Gasteiger partial charge >= 0.3 is 0 Å². The number of nitrogens with zero attached hydrogens (tertiary/aromatic N) is 2. The molecule has 3 aromatic rings. The lowest BCUT2D eigenvalue weighted by Gasteiger charge is -2.14. The lowest BCUT2D eigenvalue weighted by molar-refractivity contribution is 0.282. The van der Waals surface area contributed by atoms with E-state index in [2.05, 4.69) is 4.98 Å². The van der Waals surface area contributed by atoms with Crippen LogP contribution in [0.1, 0.15) is 16.7 Å². The second-order valence-electron chi connectivity index (χ2n) is 5.92. The summed E-state index contributed by atoms with van der Waals surface area (Å²) in [6, 6.07) is 19.2. The van der Waals surface area contributed by atoms with Gasteiger partial charge < -0.3 is 14.2 Å². The normalized spacial score (nSPS) is 10.1. The Morgan fingerprint density at radius 2 is 1.59 bits per heavy atom. The van der Waals surface area contributed by atoms with E-state index in [0.29, 0.717) is 24.7 Å². The van der Waals surface area contributed by atoms with Crippen molar-refractivity contribution in [3.63, 3.8) is 0 Å². The van der Waals surface area contributed by atoms with Crippen molar-refractivity contribution in [2.75, 3.05) is 6.61 Å². The van der Waals surface area contributed by atoms with Crippen molar-refractivity contribution >= 4 is 0 Å². The Morgan fingerprint density at radius 3 is 2.33 bits per heavy atom. The van der Waals surface area contributed by atoms with Gasteiger partial charge in [-0.05, 0) is 42.3 Å². The molecule has 0 aliphatic heterocycles. The van der Waals surface area contributed by atoms with Gasteiger partial charge in [0.1, 0.15) is 36.5 Å². The Kier molecular flexibility index (Phi) is 6.26. The van der Waals surface area contributed by atoms with Crippen LogP contribution in [0.5, 0.6) is 17.2 Å². The summed E-state index contributed by atoms with van der Waals surface area (Å²) in [5.41, 5.74) is 2.92. The van der Waals surface area contributed by atoms with Gasteiger partial charge in [-0.1, -0.05) is 24.3 Å². The van der Waals surface area contributed by atoms with Crippen molar-refractivity contribution in [2.24, 2.45) is 0 Å². The Bertz CT molecular complexity index is 920. The Balaban J connectivity index is 1.63. The first kappa shape index (κ1) is 18.3. The van der Waals surface area contributed by atoms with Crippen LogP contribution in [0.25, 0.3) is 0 Å². The van der Waals surface area contributed by atoms with E-state index in [-0.39, 0.29) is 6.61 Å². The first-order valence-electron chi connectivity index (χ1n) is 8.59. The summed E-state index contributed by atoms with van der Waals surface area (Å²) in [6.07, 6.45) is 3.48. The van der Waals surface area contributed by atoms with E-state index in [1.165, 1.54) is 0 Å². The number of para-hydroxylation sites is 1. The van der Waals surface area contributed by atoms with Gasteiger partial charge in [0.2, 0.25) is 0 Å². The zero-order valence-corrected chi connectivity index (χ0v) is 15.1. The first-order chi connectivity index (χ1) is 13.3. The molecule has 2 aromatic carbocycles. The minimum absolute atomic E-state index is 0.0101. The van der Waals surface area contributed by atoms with Crippen LogP contribution in [0.2, 0.25) is 0 Å². The van der Waals surface area contributed by atoms with E-state index in [1.54, 1.807) is 12.4 Å². The molecule has 0 amide bonds. The molecule has 0 saturated carbocycles. The van der Waals surface area contributed by atoms with Crippen LogP contribution in [-0.4, -0.2) is 11.6 Å². The number of hydrogen-bond acceptors (Lipinski definition) is 5. The van der Waals surface area contributed by atoms with Crippen LogP contribution in [0.4, 0.5) is 0 Å². The lowest BCUT2D eigenvalue weighted by Crippen LogP contribution is -2.03. The van der Waals surface area contributed by atoms with Crippen LogP contribution in [0, 0.1) is 18.3 Å². The van der Waals surface area contributed by atoms with Crippen molar-refractivity contribution in [2.45, 2.75) is 20.1 Å². The van der Waals surface area contributed by atoms with Gasteiger partial charge in [0.05, 0.1) is 0 Å². The van der Waals surface area contributed by atoms with Crippen molar-refractivity contribution in [1.29, 1.82) is 5.26 Å². The maximum absolute atomic E-state index is 8.76. The third kappa shape index (κ3) is 5.23. The Labute approximate surface area is 158 Å². The van der Waals surface area contributed by atoms with E-state index in [9.17, 15) is 0 Å². The molecular weight excluding hydrogens is 340 g/mol. The largest absolute Gasteiger partial charge is 0.489 e. The van der Waals surface area contributed by atoms with Crippen LogP contribution in [-0.2, 0) is 13.2 Å². The molecular formula is C22H20N2O3.